The highest BCUT2D eigenvalue weighted by molar-refractivity contribution is 6.03. The molecule has 0 radical (unpaired) electrons. The number of allylic oxidation sites excluding steroid dienone is 1. The summed E-state index contributed by atoms with van der Waals surface area (Å²) in [6.45, 7) is 3.94. The van der Waals surface area contributed by atoms with Gasteiger partial charge < -0.3 is 43.6 Å². The van der Waals surface area contributed by atoms with Crippen molar-refractivity contribution in [2.24, 2.45) is 22.9 Å². The smallest absolute Gasteiger partial charge is 0.417 e. The number of hydrogen-bond donors (Lipinski definition) is 3. The number of aliphatic hydroxyl groups excluding tert-OH is 2. The Bertz CT molecular complexity index is 2690. The fraction of sp³-hybridized carbons (Fsp3) is 0.377. The summed E-state index contributed by atoms with van der Waals surface area (Å²) in [5.74, 6) is -1.92. The molecule has 1 aliphatic heterocycles. The fourth-order valence-electron chi connectivity index (χ4n) is 9.98. The number of non-ortho nitro benzene ring substituents is 2. The summed E-state index contributed by atoms with van der Waals surface area (Å²) < 4.78 is 30.9. The molecule has 4 aromatic carbocycles. The Morgan fingerprint density at radius 1 is 0.903 bits per heavy atom. The molecule has 3 N–H and O–H groups in total. The van der Waals surface area contributed by atoms with Gasteiger partial charge in [-0.1, -0.05) is 30.1 Å². The minimum atomic E-state index is -1.60. The molecule has 0 bridgehead atoms. The van der Waals surface area contributed by atoms with Gasteiger partial charge in [-0.15, -0.1) is 6.58 Å². The van der Waals surface area contributed by atoms with E-state index in [4.69, 9.17) is 33.7 Å². The second-order valence-corrected chi connectivity index (χ2v) is 17.7. The lowest BCUT2D eigenvalue weighted by Gasteiger charge is -2.59. The third-order valence-electron chi connectivity index (χ3n) is 13.4. The van der Waals surface area contributed by atoms with Gasteiger partial charge in [0.15, 0.2) is 0 Å². The maximum Gasteiger partial charge on any atom is 0.417 e. The van der Waals surface area contributed by atoms with E-state index in [9.17, 15) is 40.0 Å². The first kappa shape index (κ1) is 52.2. The zero-order chi connectivity index (χ0) is 51.4. The summed E-state index contributed by atoms with van der Waals surface area (Å²) in [6.07, 6.45) is 9.80. The van der Waals surface area contributed by atoms with Crippen molar-refractivity contribution in [3.05, 3.63) is 152 Å². The molecule has 0 spiro atoms. The molecule has 1 fully saturated rings. The van der Waals surface area contributed by atoms with Crippen molar-refractivity contribution in [2.75, 3.05) is 46.4 Å². The molecule has 6 atom stereocenters. The molecule has 2 aliphatic carbocycles. The zero-order valence-electron chi connectivity index (χ0n) is 40.3. The quantitative estimate of drug-likeness (QED) is 0.0206. The minimum absolute atomic E-state index is 0.00867. The second-order valence-electron chi connectivity index (χ2n) is 17.7. The maximum absolute atomic E-state index is 14.5. The molecule has 0 aromatic heterocycles. The van der Waals surface area contributed by atoms with Crippen LogP contribution in [0.2, 0.25) is 0 Å². The third kappa shape index (κ3) is 11.8. The van der Waals surface area contributed by atoms with Crippen LogP contribution in [-0.4, -0.2) is 95.6 Å². The molecule has 19 nitrogen and oxygen atoms in total. The first-order valence-corrected chi connectivity index (χ1v) is 23.7. The number of nitro benzene ring substituents is 2. The lowest BCUT2D eigenvalue weighted by Crippen LogP contribution is -2.69. The summed E-state index contributed by atoms with van der Waals surface area (Å²) in [7, 11) is 4.63. The molecule has 4 aromatic rings. The van der Waals surface area contributed by atoms with Gasteiger partial charge in [0.05, 0.1) is 48.0 Å². The summed E-state index contributed by atoms with van der Waals surface area (Å²) in [5, 5.41) is 50.2. The van der Waals surface area contributed by atoms with Crippen LogP contribution in [0.25, 0.3) is 6.08 Å². The summed E-state index contributed by atoms with van der Waals surface area (Å²) >= 11 is 0. The van der Waals surface area contributed by atoms with Crippen LogP contribution in [0, 0.1) is 38.0 Å². The average molecular weight is 990 g/mol. The number of anilines is 1. The van der Waals surface area contributed by atoms with Gasteiger partial charge in [-0.25, -0.2) is 4.79 Å². The van der Waals surface area contributed by atoms with Gasteiger partial charge in [0.25, 0.3) is 11.4 Å². The lowest BCUT2D eigenvalue weighted by molar-refractivity contribution is -0.385. The molecule has 1 saturated carbocycles. The van der Waals surface area contributed by atoms with Gasteiger partial charge in [-0.05, 0) is 115 Å². The number of hydrogen-bond acceptors (Lipinski definition) is 15. The van der Waals surface area contributed by atoms with E-state index in [1.54, 1.807) is 79.9 Å². The van der Waals surface area contributed by atoms with E-state index in [0.717, 1.165) is 5.57 Å². The van der Waals surface area contributed by atoms with Crippen LogP contribution in [-0.2, 0) is 21.0 Å². The number of nitrogens with zero attached hydrogens (tertiary/aromatic N) is 4. The highest BCUT2D eigenvalue weighted by Crippen LogP contribution is 2.62. The molecule has 380 valence electrons. The Hall–Kier alpha value is -7.61. The minimum Gasteiger partial charge on any atom is -0.497 e. The topological polar surface area (TPSA) is 244 Å². The number of unbranched alkanes of at least 4 members (excludes halogenated alkanes) is 2. The average Bonchev–Trinajstić information content (AvgIpc) is 3.38. The van der Waals surface area contributed by atoms with E-state index in [0.29, 0.717) is 83.9 Å². The van der Waals surface area contributed by atoms with E-state index in [-0.39, 0.29) is 61.8 Å². The van der Waals surface area contributed by atoms with Crippen molar-refractivity contribution in [2.45, 2.75) is 69.3 Å². The number of ether oxygens (including phenoxy) is 5. The Labute approximate surface area is 416 Å². The number of benzene rings is 4. The van der Waals surface area contributed by atoms with Gasteiger partial charge in [0.1, 0.15) is 35.6 Å². The predicted octanol–water partition coefficient (Wildman–Crippen LogP) is 9.14. The van der Waals surface area contributed by atoms with Crippen molar-refractivity contribution < 1.29 is 58.2 Å². The molecule has 72 heavy (non-hydrogen) atoms. The normalized spacial score (nSPS) is 21.3. The monoisotopic (exact) mass is 989 g/mol. The number of aliphatic hydroxyl groups is 2. The first-order valence-electron chi connectivity index (χ1n) is 23.7. The predicted molar refractivity (Wildman–Crippen MR) is 267 cm³/mol. The third-order valence-corrected chi connectivity index (χ3v) is 13.4. The standard InChI is InChI=1S/C53H59N5O14/c1-5-28-69-53-48(56(2)49(61)25-16-34-12-17-37(18-13-34)57(63)64)32-45(55-70-33-35-14-19-38(20-15-35)58(65)66)42-29-36(10-6-8-26-59)41(11-7-9-27-60)50(51(42)53)43-30-40(22-24-46(43)72-53)71-52(62)54-44-23-21-39(67-3)31-47(44)68-4/h5,12-25,29-31,36,41,48,50-51,59-60H,1,6-11,26-28,32-33H2,2-4H3,(H,54,62). The molecular weight excluding hydrogens is 931 g/mol. The Kier molecular flexibility index (Phi) is 17.4. The molecule has 2 amide bonds. The van der Waals surface area contributed by atoms with Crippen LogP contribution in [0.15, 0.2) is 120 Å². The molecule has 0 saturated heterocycles. The summed E-state index contributed by atoms with van der Waals surface area (Å²) in [5.41, 5.74) is 3.32. The van der Waals surface area contributed by atoms with Gasteiger partial charge in [-0.2, -0.15) is 0 Å². The van der Waals surface area contributed by atoms with Crippen LogP contribution >= 0.6 is 0 Å². The van der Waals surface area contributed by atoms with Gasteiger partial charge in [0, 0.05) is 74.6 Å². The number of amides is 2. The Balaban J connectivity index is 1.36. The molecule has 19 heteroatoms. The van der Waals surface area contributed by atoms with Crippen molar-refractivity contribution >= 4 is 40.9 Å². The van der Waals surface area contributed by atoms with Gasteiger partial charge in [0.2, 0.25) is 11.7 Å². The molecular formula is C53H59N5O14. The van der Waals surface area contributed by atoms with Gasteiger partial charge in [-0.3, -0.25) is 30.3 Å². The van der Waals surface area contributed by atoms with Crippen LogP contribution in [0.1, 0.15) is 67.6 Å². The SMILES string of the molecule is C=CCOC12Oc3ccc(OC(=O)Nc4ccc(OC)cc4OC)cc3C3C(CCCCO)C(CCCCO)C=C(C(=NOCc4ccc([N+](=O)[O-])cc4)CC1N(C)C(=O)C=Cc1ccc([N+](=O)[O-])cc1)C32. The zero-order valence-corrected chi connectivity index (χ0v) is 40.3. The van der Waals surface area contributed by atoms with Crippen LogP contribution < -0.4 is 24.3 Å². The highest BCUT2D eigenvalue weighted by atomic mass is 16.7. The molecule has 3 aliphatic rings. The number of likely N-dealkylation sites (N-methyl/N-ethyl adjacent to an activating group) is 1. The maximum atomic E-state index is 14.5. The summed E-state index contributed by atoms with van der Waals surface area (Å²) in [6, 6.07) is 20.9. The fourth-order valence-corrected chi connectivity index (χ4v) is 9.98. The Morgan fingerprint density at radius 3 is 2.24 bits per heavy atom. The van der Waals surface area contributed by atoms with Crippen molar-refractivity contribution in [1.82, 2.24) is 4.90 Å². The molecule has 1 heterocycles. The van der Waals surface area contributed by atoms with E-state index in [1.807, 2.05) is 0 Å². The molecule has 7 rings (SSSR count). The summed E-state index contributed by atoms with van der Waals surface area (Å²) in [4.78, 5) is 57.5. The number of carbonyl (C=O) groups excluding carboxylic acids is 2. The van der Waals surface area contributed by atoms with Crippen LogP contribution in [0.5, 0.6) is 23.0 Å². The van der Waals surface area contributed by atoms with Crippen molar-refractivity contribution in [3.8, 4) is 23.0 Å². The molecule has 6 unspecified atom stereocenters. The van der Waals surface area contributed by atoms with Crippen LogP contribution in [0.4, 0.5) is 21.9 Å². The largest absolute Gasteiger partial charge is 0.497 e. The number of rotatable bonds is 23. The highest BCUT2D eigenvalue weighted by Gasteiger charge is 2.65. The number of fused-ring (bicyclic) bond motifs is 2. The number of nitrogens with one attached hydrogen (secondary N) is 1. The number of nitro groups is 2. The lowest BCUT2D eigenvalue weighted by atomic mass is 9.55. The van der Waals surface area contributed by atoms with E-state index >= 15 is 0 Å². The van der Waals surface area contributed by atoms with Crippen molar-refractivity contribution in [3.63, 3.8) is 0 Å². The number of oxime groups is 1. The van der Waals surface area contributed by atoms with E-state index in [1.165, 1.54) is 49.5 Å². The number of carbonyl (C=O) groups is 2. The van der Waals surface area contributed by atoms with E-state index in [2.05, 4.69) is 18.0 Å². The van der Waals surface area contributed by atoms with E-state index < -0.39 is 45.5 Å². The van der Waals surface area contributed by atoms with Crippen molar-refractivity contribution in [1.29, 1.82) is 0 Å². The van der Waals surface area contributed by atoms with Gasteiger partial charge >= 0.3 is 6.09 Å². The van der Waals surface area contributed by atoms with Crippen LogP contribution in [0.3, 0.4) is 0 Å². The number of methoxy groups -OCH3 is 2. The first-order chi connectivity index (χ1) is 34.8. The second kappa shape index (κ2) is 24.0. The Morgan fingerprint density at radius 2 is 1.58 bits per heavy atom.